The molecule has 1 fully saturated rings. The molecule has 1 rings (SSSR count). The van der Waals surface area contributed by atoms with Gasteiger partial charge in [0.15, 0.2) is 0 Å². The molecule has 1 saturated heterocycles. The van der Waals surface area contributed by atoms with E-state index in [2.05, 4.69) is 5.32 Å². The lowest BCUT2D eigenvalue weighted by atomic mass is 10.1. The van der Waals surface area contributed by atoms with Crippen LogP contribution in [0.5, 0.6) is 0 Å². The molecule has 3 amide bonds. The Balaban J connectivity index is 2.47. The fraction of sp³-hybridized carbons (Fsp3) is 0.636. The van der Waals surface area contributed by atoms with Crippen molar-refractivity contribution in [3.05, 3.63) is 0 Å². The minimum atomic E-state index is -0.759. The molecule has 7 heteroatoms. The van der Waals surface area contributed by atoms with Crippen molar-refractivity contribution in [2.24, 2.45) is 5.92 Å². The first-order valence-corrected chi connectivity index (χ1v) is 5.80. The van der Waals surface area contributed by atoms with Crippen molar-refractivity contribution in [3.8, 4) is 0 Å². The number of carbonyl (C=O) groups is 4. The van der Waals surface area contributed by atoms with Gasteiger partial charge in [0, 0.05) is 25.8 Å². The van der Waals surface area contributed by atoms with Crippen LogP contribution in [0.3, 0.4) is 0 Å². The van der Waals surface area contributed by atoms with E-state index < -0.39 is 23.7 Å². The zero-order valence-electron chi connectivity index (χ0n) is 10.4. The van der Waals surface area contributed by atoms with Crippen LogP contribution in [0.1, 0.15) is 33.1 Å². The third kappa shape index (κ3) is 3.54. The number of hydrogen-bond donors (Lipinski definition) is 1. The number of rotatable bonds is 5. The van der Waals surface area contributed by atoms with Gasteiger partial charge in [-0.2, -0.15) is 0 Å². The zero-order valence-corrected chi connectivity index (χ0v) is 10.4. The second-order valence-electron chi connectivity index (χ2n) is 4.05. The molecule has 0 aromatic rings. The molecule has 0 saturated carbocycles. The Morgan fingerprint density at radius 2 is 1.89 bits per heavy atom. The number of carbonyl (C=O) groups excluding carboxylic acids is 4. The quantitative estimate of drug-likeness (QED) is 0.685. The first-order valence-electron chi connectivity index (χ1n) is 5.80. The van der Waals surface area contributed by atoms with E-state index in [4.69, 9.17) is 4.84 Å². The highest BCUT2D eigenvalue weighted by Gasteiger charge is 2.34. The molecule has 0 aliphatic carbocycles. The van der Waals surface area contributed by atoms with Crippen molar-refractivity contribution in [1.82, 2.24) is 10.4 Å². The summed E-state index contributed by atoms with van der Waals surface area (Å²) in [5, 5.41) is 3.03. The van der Waals surface area contributed by atoms with Crippen LogP contribution in [-0.2, 0) is 24.0 Å². The van der Waals surface area contributed by atoms with E-state index >= 15 is 0 Å². The monoisotopic (exact) mass is 256 g/mol. The van der Waals surface area contributed by atoms with Gasteiger partial charge in [0.05, 0.1) is 5.92 Å². The number of hydroxylamine groups is 2. The first kappa shape index (κ1) is 14.1. The van der Waals surface area contributed by atoms with E-state index in [0.717, 1.165) is 0 Å². The van der Waals surface area contributed by atoms with E-state index in [1.54, 1.807) is 6.92 Å². The summed E-state index contributed by atoms with van der Waals surface area (Å²) in [6, 6.07) is 0. The van der Waals surface area contributed by atoms with Crippen LogP contribution in [0.15, 0.2) is 0 Å². The Labute approximate surface area is 104 Å². The van der Waals surface area contributed by atoms with Gasteiger partial charge in [0.1, 0.15) is 0 Å². The van der Waals surface area contributed by atoms with Gasteiger partial charge in [-0.05, 0) is 6.92 Å². The Hall–Kier alpha value is -1.92. The molecule has 0 spiro atoms. The standard InChI is InChI=1S/C11H16N2O5/c1-3-12-8(14)6-7(2)11(17)18-13-9(15)4-5-10(13)16/h7H,3-6H2,1-2H3,(H,12,14). The van der Waals surface area contributed by atoms with Crippen molar-refractivity contribution in [1.29, 1.82) is 0 Å². The number of nitrogens with one attached hydrogen (secondary N) is 1. The van der Waals surface area contributed by atoms with Crippen molar-refractivity contribution in [3.63, 3.8) is 0 Å². The summed E-state index contributed by atoms with van der Waals surface area (Å²) < 4.78 is 0. The van der Waals surface area contributed by atoms with E-state index in [9.17, 15) is 19.2 Å². The molecule has 0 bridgehead atoms. The third-order valence-electron chi connectivity index (χ3n) is 2.45. The summed E-state index contributed by atoms with van der Waals surface area (Å²) in [5.41, 5.74) is 0. The lowest BCUT2D eigenvalue weighted by Crippen LogP contribution is -2.35. The van der Waals surface area contributed by atoms with Crippen LogP contribution in [0.4, 0.5) is 0 Å². The van der Waals surface area contributed by atoms with E-state index in [-0.39, 0.29) is 25.2 Å². The fourth-order valence-electron chi connectivity index (χ4n) is 1.47. The topological polar surface area (TPSA) is 92.8 Å². The highest BCUT2D eigenvalue weighted by Crippen LogP contribution is 2.14. The Bertz CT molecular complexity index is 364. The predicted molar refractivity (Wildman–Crippen MR) is 59.6 cm³/mol. The van der Waals surface area contributed by atoms with E-state index in [1.807, 2.05) is 0 Å². The smallest absolute Gasteiger partial charge is 0.336 e. The maximum atomic E-state index is 11.6. The number of imide groups is 1. The molecule has 1 aliphatic heterocycles. The van der Waals surface area contributed by atoms with Gasteiger partial charge in [-0.3, -0.25) is 14.4 Å². The number of amides is 3. The second kappa shape index (κ2) is 6.13. The highest BCUT2D eigenvalue weighted by molar-refractivity contribution is 6.01. The number of hydrogen-bond acceptors (Lipinski definition) is 5. The van der Waals surface area contributed by atoms with Gasteiger partial charge in [0.2, 0.25) is 5.91 Å². The predicted octanol–water partition coefficient (Wildman–Crippen LogP) is -0.244. The molecule has 1 unspecified atom stereocenters. The summed E-state index contributed by atoms with van der Waals surface area (Å²) >= 11 is 0. The van der Waals surface area contributed by atoms with Crippen molar-refractivity contribution < 1.29 is 24.0 Å². The molecular weight excluding hydrogens is 240 g/mol. The normalized spacial score (nSPS) is 16.7. The van der Waals surface area contributed by atoms with Crippen LogP contribution in [0.25, 0.3) is 0 Å². The Morgan fingerprint density at radius 3 is 2.39 bits per heavy atom. The lowest BCUT2D eigenvalue weighted by Gasteiger charge is -2.15. The average Bonchev–Trinajstić information content (AvgIpc) is 2.60. The van der Waals surface area contributed by atoms with Crippen LogP contribution in [0, 0.1) is 5.92 Å². The molecular formula is C11H16N2O5. The van der Waals surface area contributed by atoms with Crippen LogP contribution in [-0.4, -0.2) is 35.3 Å². The lowest BCUT2D eigenvalue weighted by molar-refractivity contribution is -0.200. The van der Waals surface area contributed by atoms with Crippen LogP contribution < -0.4 is 5.32 Å². The molecule has 0 aromatic carbocycles. The largest absolute Gasteiger partial charge is 0.356 e. The Morgan fingerprint density at radius 1 is 1.33 bits per heavy atom. The maximum absolute atomic E-state index is 11.6. The van der Waals surface area contributed by atoms with Crippen LogP contribution in [0.2, 0.25) is 0 Å². The molecule has 7 nitrogen and oxygen atoms in total. The summed E-state index contributed by atoms with van der Waals surface area (Å²) in [7, 11) is 0. The molecule has 100 valence electrons. The molecule has 0 aromatic heterocycles. The minimum absolute atomic E-state index is 0.0388. The van der Waals surface area contributed by atoms with Crippen molar-refractivity contribution >= 4 is 23.7 Å². The highest BCUT2D eigenvalue weighted by atomic mass is 16.7. The first-order chi connectivity index (χ1) is 8.45. The molecule has 1 heterocycles. The molecule has 0 radical (unpaired) electrons. The average molecular weight is 256 g/mol. The van der Waals surface area contributed by atoms with Gasteiger partial charge < -0.3 is 10.2 Å². The Kier molecular flexibility index (Phi) is 4.82. The third-order valence-corrected chi connectivity index (χ3v) is 2.45. The summed E-state index contributed by atoms with van der Waals surface area (Å²) in [5.74, 6) is -2.80. The van der Waals surface area contributed by atoms with E-state index in [1.165, 1.54) is 6.92 Å². The van der Waals surface area contributed by atoms with Gasteiger partial charge in [-0.15, -0.1) is 5.06 Å². The molecule has 1 atom stereocenters. The van der Waals surface area contributed by atoms with Crippen molar-refractivity contribution in [2.75, 3.05) is 6.54 Å². The van der Waals surface area contributed by atoms with Gasteiger partial charge in [-0.1, -0.05) is 6.92 Å². The number of nitrogens with zero attached hydrogens (tertiary/aromatic N) is 1. The van der Waals surface area contributed by atoms with E-state index in [0.29, 0.717) is 11.6 Å². The summed E-state index contributed by atoms with van der Waals surface area (Å²) in [4.78, 5) is 50.0. The van der Waals surface area contributed by atoms with Crippen LogP contribution >= 0.6 is 0 Å². The molecule has 1 aliphatic rings. The van der Waals surface area contributed by atoms with Gasteiger partial charge in [0.25, 0.3) is 11.8 Å². The summed E-state index contributed by atoms with van der Waals surface area (Å²) in [6.07, 6.45) is 0.0660. The van der Waals surface area contributed by atoms with Gasteiger partial charge >= 0.3 is 5.97 Å². The van der Waals surface area contributed by atoms with Crippen molar-refractivity contribution in [2.45, 2.75) is 33.1 Å². The maximum Gasteiger partial charge on any atom is 0.336 e. The summed E-state index contributed by atoms with van der Waals surface area (Å²) in [6.45, 7) is 3.74. The minimum Gasteiger partial charge on any atom is -0.356 e. The molecule has 18 heavy (non-hydrogen) atoms. The molecule has 1 N–H and O–H groups in total. The SMILES string of the molecule is CCNC(=O)CC(C)C(=O)ON1C(=O)CCC1=O. The zero-order chi connectivity index (χ0) is 13.7. The second-order valence-corrected chi connectivity index (χ2v) is 4.05. The fourth-order valence-corrected chi connectivity index (χ4v) is 1.47. The van der Waals surface area contributed by atoms with Gasteiger partial charge in [-0.25, -0.2) is 4.79 Å².